The van der Waals surface area contributed by atoms with Crippen LogP contribution in [-0.2, 0) is 4.79 Å². The zero-order valence-electron chi connectivity index (χ0n) is 10.8. The van der Waals surface area contributed by atoms with E-state index in [1.807, 2.05) is 4.90 Å². The molecule has 2 heterocycles. The number of carbonyl (C=O) groups is 1. The smallest absolute Gasteiger partial charge is 0.277 e. The SMILES string of the molecule is CCN1CCN(C(=O)CSc2nnc(C)o2)CC1. The molecule has 1 aliphatic rings. The highest BCUT2D eigenvalue weighted by atomic mass is 32.2. The van der Waals surface area contributed by atoms with Gasteiger partial charge in [-0.2, -0.15) is 0 Å². The first-order valence-corrected chi connectivity index (χ1v) is 7.10. The highest BCUT2D eigenvalue weighted by Gasteiger charge is 2.20. The van der Waals surface area contributed by atoms with Crippen molar-refractivity contribution in [1.29, 1.82) is 0 Å². The van der Waals surface area contributed by atoms with Crippen LogP contribution in [0.4, 0.5) is 0 Å². The normalized spacial score (nSPS) is 17.1. The molecule has 1 amide bonds. The van der Waals surface area contributed by atoms with Crippen molar-refractivity contribution in [2.24, 2.45) is 0 Å². The number of hydrogen-bond acceptors (Lipinski definition) is 6. The van der Waals surface area contributed by atoms with E-state index < -0.39 is 0 Å². The van der Waals surface area contributed by atoms with Gasteiger partial charge in [0, 0.05) is 33.1 Å². The second-order valence-corrected chi connectivity index (χ2v) is 5.12. The number of hydrogen-bond donors (Lipinski definition) is 0. The van der Waals surface area contributed by atoms with E-state index >= 15 is 0 Å². The van der Waals surface area contributed by atoms with Crippen molar-refractivity contribution in [3.63, 3.8) is 0 Å². The zero-order chi connectivity index (χ0) is 13.0. The van der Waals surface area contributed by atoms with Crippen LogP contribution in [0, 0.1) is 6.92 Å². The minimum absolute atomic E-state index is 0.145. The van der Waals surface area contributed by atoms with Crippen LogP contribution in [0.25, 0.3) is 0 Å². The summed E-state index contributed by atoms with van der Waals surface area (Å²) in [4.78, 5) is 16.2. The van der Waals surface area contributed by atoms with Crippen molar-refractivity contribution < 1.29 is 9.21 Å². The molecule has 0 radical (unpaired) electrons. The van der Waals surface area contributed by atoms with Gasteiger partial charge in [-0.05, 0) is 6.54 Å². The third kappa shape index (κ3) is 3.46. The van der Waals surface area contributed by atoms with Crippen LogP contribution in [0.15, 0.2) is 9.64 Å². The predicted molar refractivity (Wildman–Crippen MR) is 68.5 cm³/mol. The molecule has 0 atom stereocenters. The van der Waals surface area contributed by atoms with Gasteiger partial charge < -0.3 is 14.2 Å². The number of piperazine rings is 1. The van der Waals surface area contributed by atoms with E-state index in [0.717, 1.165) is 32.7 Å². The Morgan fingerprint density at radius 2 is 2.06 bits per heavy atom. The molecule has 0 aromatic carbocycles. The quantitative estimate of drug-likeness (QED) is 0.748. The molecule has 0 bridgehead atoms. The summed E-state index contributed by atoms with van der Waals surface area (Å²) in [6.07, 6.45) is 0. The lowest BCUT2D eigenvalue weighted by Crippen LogP contribution is -2.49. The molecule has 0 spiro atoms. The fourth-order valence-electron chi connectivity index (χ4n) is 1.87. The van der Waals surface area contributed by atoms with Gasteiger partial charge >= 0.3 is 0 Å². The van der Waals surface area contributed by atoms with Crippen LogP contribution in [0.1, 0.15) is 12.8 Å². The van der Waals surface area contributed by atoms with Crippen LogP contribution >= 0.6 is 11.8 Å². The lowest BCUT2D eigenvalue weighted by Gasteiger charge is -2.33. The largest absolute Gasteiger partial charge is 0.416 e. The topological polar surface area (TPSA) is 62.5 Å². The molecule has 2 rings (SSSR count). The fourth-order valence-corrected chi connectivity index (χ4v) is 2.57. The van der Waals surface area contributed by atoms with E-state index in [4.69, 9.17) is 4.42 Å². The molecule has 6 nitrogen and oxygen atoms in total. The van der Waals surface area contributed by atoms with Crippen LogP contribution < -0.4 is 0 Å². The molecule has 1 aromatic rings. The summed E-state index contributed by atoms with van der Waals surface area (Å²) in [5, 5.41) is 8.05. The van der Waals surface area contributed by atoms with Gasteiger partial charge in [-0.1, -0.05) is 18.7 Å². The Bertz CT molecular complexity index is 402. The second-order valence-electron chi connectivity index (χ2n) is 4.19. The second kappa shape index (κ2) is 6.19. The molecule has 18 heavy (non-hydrogen) atoms. The van der Waals surface area contributed by atoms with E-state index in [0.29, 0.717) is 16.9 Å². The Hall–Kier alpha value is -1.08. The molecule has 7 heteroatoms. The summed E-state index contributed by atoms with van der Waals surface area (Å²) in [5.74, 6) is 1.04. The summed E-state index contributed by atoms with van der Waals surface area (Å²) in [7, 11) is 0. The number of aryl methyl sites for hydroxylation is 1. The molecule has 1 aliphatic heterocycles. The molecule has 1 saturated heterocycles. The summed E-state index contributed by atoms with van der Waals surface area (Å²) in [6.45, 7) is 8.50. The molecular weight excluding hydrogens is 252 g/mol. The molecule has 100 valence electrons. The van der Waals surface area contributed by atoms with Gasteiger partial charge in [-0.3, -0.25) is 4.79 Å². The number of aromatic nitrogens is 2. The first-order valence-electron chi connectivity index (χ1n) is 6.12. The third-order valence-corrected chi connectivity index (χ3v) is 3.80. The van der Waals surface area contributed by atoms with E-state index in [2.05, 4.69) is 22.0 Å². The van der Waals surface area contributed by atoms with E-state index in [9.17, 15) is 4.79 Å². The van der Waals surface area contributed by atoms with Gasteiger partial charge in [0.2, 0.25) is 11.8 Å². The average Bonchev–Trinajstić information content (AvgIpc) is 2.82. The van der Waals surface area contributed by atoms with Crippen LogP contribution in [0.2, 0.25) is 0 Å². The number of carbonyl (C=O) groups excluding carboxylic acids is 1. The Morgan fingerprint density at radius 3 is 2.61 bits per heavy atom. The summed E-state index contributed by atoms with van der Waals surface area (Å²) in [5.41, 5.74) is 0. The number of amides is 1. The van der Waals surface area contributed by atoms with Crippen molar-refractivity contribution in [3.05, 3.63) is 5.89 Å². The number of thioether (sulfide) groups is 1. The molecule has 0 unspecified atom stereocenters. The molecule has 0 saturated carbocycles. The van der Waals surface area contributed by atoms with Crippen molar-refractivity contribution in [2.75, 3.05) is 38.5 Å². The maximum absolute atomic E-state index is 12.0. The number of rotatable bonds is 4. The summed E-state index contributed by atoms with van der Waals surface area (Å²) >= 11 is 1.30. The lowest BCUT2D eigenvalue weighted by atomic mass is 10.3. The van der Waals surface area contributed by atoms with Crippen molar-refractivity contribution >= 4 is 17.7 Å². The van der Waals surface area contributed by atoms with E-state index in [1.165, 1.54) is 11.8 Å². The van der Waals surface area contributed by atoms with Gasteiger partial charge in [-0.25, -0.2) is 0 Å². The average molecular weight is 270 g/mol. The van der Waals surface area contributed by atoms with Crippen molar-refractivity contribution in [1.82, 2.24) is 20.0 Å². The third-order valence-electron chi connectivity index (χ3n) is 3.00. The van der Waals surface area contributed by atoms with Gasteiger partial charge in [0.05, 0.1) is 5.75 Å². The van der Waals surface area contributed by atoms with E-state index in [-0.39, 0.29) is 5.91 Å². The maximum Gasteiger partial charge on any atom is 0.277 e. The Labute approximate surface area is 111 Å². The Morgan fingerprint density at radius 1 is 1.33 bits per heavy atom. The van der Waals surface area contributed by atoms with Gasteiger partial charge in [-0.15, -0.1) is 10.2 Å². The Balaban J connectivity index is 1.75. The monoisotopic (exact) mass is 270 g/mol. The minimum Gasteiger partial charge on any atom is -0.416 e. The van der Waals surface area contributed by atoms with Gasteiger partial charge in [0.25, 0.3) is 5.22 Å². The summed E-state index contributed by atoms with van der Waals surface area (Å²) < 4.78 is 5.22. The molecular formula is C11H18N4O2S. The molecule has 0 aliphatic carbocycles. The van der Waals surface area contributed by atoms with Crippen LogP contribution in [0.3, 0.4) is 0 Å². The summed E-state index contributed by atoms with van der Waals surface area (Å²) in [6, 6.07) is 0. The first kappa shape index (κ1) is 13.4. The maximum atomic E-state index is 12.0. The standard InChI is InChI=1S/C11H18N4O2S/c1-3-14-4-6-15(7-5-14)10(16)8-18-11-13-12-9(2)17-11/h3-8H2,1-2H3. The predicted octanol–water partition coefficient (Wildman–Crippen LogP) is 0.634. The first-order chi connectivity index (χ1) is 8.69. The molecule has 1 aromatic heterocycles. The fraction of sp³-hybridized carbons (Fsp3) is 0.727. The van der Waals surface area contributed by atoms with Crippen LogP contribution in [-0.4, -0.2) is 64.4 Å². The number of nitrogens with zero attached hydrogens (tertiary/aromatic N) is 4. The zero-order valence-corrected chi connectivity index (χ0v) is 11.6. The lowest BCUT2D eigenvalue weighted by molar-refractivity contribution is -0.130. The Kier molecular flexibility index (Phi) is 4.60. The molecule has 1 fully saturated rings. The molecule has 0 N–H and O–H groups in total. The highest BCUT2D eigenvalue weighted by molar-refractivity contribution is 7.99. The highest BCUT2D eigenvalue weighted by Crippen LogP contribution is 2.16. The van der Waals surface area contributed by atoms with E-state index in [1.54, 1.807) is 6.92 Å². The van der Waals surface area contributed by atoms with Gasteiger partial charge in [0.1, 0.15) is 0 Å². The van der Waals surface area contributed by atoms with Crippen molar-refractivity contribution in [2.45, 2.75) is 19.1 Å². The van der Waals surface area contributed by atoms with Crippen molar-refractivity contribution in [3.8, 4) is 0 Å². The van der Waals surface area contributed by atoms with Crippen LogP contribution in [0.5, 0.6) is 0 Å². The number of likely N-dealkylation sites (N-methyl/N-ethyl adjacent to an activating group) is 1. The van der Waals surface area contributed by atoms with Gasteiger partial charge in [0.15, 0.2) is 0 Å². The minimum atomic E-state index is 0.145.